The number of hydrogen-bond acceptors (Lipinski definition) is 2. The molecule has 2 aromatic rings. The molecule has 0 bridgehead atoms. The predicted octanol–water partition coefficient (Wildman–Crippen LogP) is 3.13. The normalized spacial score (nSPS) is 10.2. The molecule has 2 rings (SSSR count). The van der Waals surface area contributed by atoms with Gasteiger partial charge < -0.3 is 9.84 Å². The lowest BCUT2D eigenvalue weighted by Gasteiger charge is -2.07. The van der Waals surface area contributed by atoms with Gasteiger partial charge in [0.25, 0.3) is 0 Å². The first-order chi connectivity index (χ1) is 9.10. The van der Waals surface area contributed by atoms with E-state index in [4.69, 9.17) is 9.84 Å². The summed E-state index contributed by atoms with van der Waals surface area (Å²) in [4.78, 5) is 10.6. The Morgan fingerprint density at radius 3 is 2.58 bits per heavy atom. The quantitative estimate of drug-likeness (QED) is 0.918. The third-order valence-corrected chi connectivity index (χ3v) is 2.80. The smallest absolute Gasteiger partial charge is 0.307 e. The van der Waals surface area contributed by atoms with E-state index in [1.54, 1.807) is 25.3 Å². The first-order valence-electron chi connectivity index (χ1n) is 5.75. The van der Waals surface area contributed by atoms with Gasteiger partial charge in [-0.3, -0.25) is 4.79 Å². The molecule has 2 aromatic carbocycles. The minimum absolute atomic E-state index is 0.180. The molecule has 0 amide bonds. The van der Waals surface area contributed by atoms with Crippen LogP contribution >= 0.6 is 0 Å². The van der Waals surface area contributed by atoms with E-state index in [0.29, 0.717) is 11.3 Å². The van der Waals surface area contributed by atoms with Crippen LogP contribution in [-0.4, -0.2) is 18.2 Å². The largest absolute Gasteiger partial charge is 0.497 e. The topological polar surface area (TPSA) is 46.5 Å². The molecule has 19 heavy (non-hydrogen) atoms. The molecular weight excluding hydrogens is 247 g/mol. The van der Waals surface area contributed by atoms with Crippen molar-refractivity contribution < 1.29 is 19.0 Å². The summed E-state index contributed by atoms with van der Waals surface area (Å²) in [6.07, 6.45) is -0.315. The number of ether oxygens (including phenoxy) is 1. The fourth-order valence-corrected chi connectivity index (χ4v) is 1.84. The van der Waals surface area contributed by atoms with Crippen LogP contribution in [0.4, 0.5) is 4.39 Å². The monoisotopic (exact) mass is 260 g/mol. The van der Waals surface area contributed by atoms with Gasteiger partial charge >= 0.3 is 5.97 Å². The zero-order chi connectivity index (χ0) is 13.8. The highest BCUT2D eigenvalue weighted by molar-refractivity contribution is 5.71. The number of methoxy groups -OCH3 is 1. The number of benzene rings is 2. The molecule has 0 atom stereocenters. The van der Waals surface area contributed by atoms with E-state index in [-0.39, 0.29) is 12.0 Å². The predicted molar refractivity (Wildman–Crippen MR) is 69.7 cm³/mol. The van der Waals surface area contributed by atoms with Crippen molar-refractivity contribution in [2.45, 2.75) is 6.42 Å². The van der Waals surface area contributed by atoms with E-state index in [1.165, 1.54) is 12.1 Å². The average Bonchev–Trinajstić information content (AvgIpc) is 2.40. The highest BCUT2D eigenvalue weighted by atomic mass is 19.1. The second-order valence-corrected chi connectivity index (χ2v) is 4.11. The van der Waals surface area contributed by atoms with E-state index in [9.17, 15) is 9.18 Å². The van der Waals surface area contributed by atoms with Crippen LogP contribution in [0.1, 0.15) is 5.56 Å². The molecule has 0 aliphatic rings. The van der Waals surface area contributed by atoms with Gasteiger partial charge in [0.05, 0.1) is 13.5 Å². The Morgan fingerprint density at radius 1 is 1.21 bits per heavy atom. The maximum atomic E-state index is 13.8. The van der Waals surface area contributed by atoms with Crippen LogP contribution in [0, 0.1) is 5.82 Å². The molecule has 1 N–H and O–H groups in total. The SMILES string of the molecule is COc1cccc(-c2ccc(CC(=O)O)c(F)c2)c1. The summed E-state index contributed by atoms with van der Waals surface area (Å²) >= 11 is 0. The average molecular weight is 260 g/mol. The number of hydrogen-bond donors (Lipinski definition) is 1. The third kappa shape index (κ3) is 3.10. The fraction of sp³-hybridized carbons (Fsp3) is 0.133. The fourth-order valence-electron chi connectivity index (χ4n) is 1.84. The van der Waals surface area contributed by atoms with Crippen molar-refractivity contribution in [3.63, 3.8) is 0 Å². The highest BCUT2D eigenvalue weighted by Crippen LogP contribution is 2.25. The Hall–Kier alpha value is -2.36. The zero-order valence-corrected chi connectivity index (χ0v) is 10.4. The van der Waals surface area contributed by atoms with Crippen LogP contribution in [0.2, 0.25) is 0 Å². The Bertz CT molecular complexity index is 608. The molecule has 0 spiro atoms. The second kappa shape index (κ2) is 5.52. The highest BCUT2D eigenvalue weighted by Gasteiger charge is 2.09. The van der Waals surface area contributed by atoms with Crippen LogP contribution in [0.25, 0.3) is 11.1 Å². The molecule has 0 unspecified atom stereocenters. The maximum Gasteiger partial charge on any atom is 0.307 e. The van der Waals surface area contributed by atoms with Gasteiger partial charge in [-0.15, -0.1) is 0 Å². The lowest BCUT2D eigenvalue weighted by Crippen LogP contribution is -2.02. The van der Waals surface area contributed by atoms with Crippen LogP contribution in [0.15, 0.2) is 42.5 Å². The summed E-state index contributed by atoms with van der Waals surface area (Å²) in [6.45, 7) is 0. The number of aliphatic carboxylic acids is 1. The Labute approximate surface area is 110 Å². The maximum absolute atomic E-state index is 13.8. The van der Waals surface area contributed by atoms with Crippen LogP contribution in [0.3, 0.4) is 0 Å². The van der Waals surface area contributed by atoms with E-state index in [0.717, 1.165) is 5.56 Å². The number of halogens is 1. The summed E-state index contributed by atoms with van der Waals surface area (Å²) in [7, 11) is 1.57. The Morgan fingerprint density at radius 2 is 1.95 bits per heavy atom. The molecule has 0 radical (unpaired) electrons. The van der Waals surface area contributed by atoms with Gasteiger partial charge in [-0.05, 0) is 34.9 Å². The summed E-state index contributed by atoms with van der Waals surface area (Å²) in [5, 5.41) is 8.66. The standard InChI is InChI=1S/C15H13FO3/c1-19-13-4-2-3-10(7-13)11-5-6-12(9-15(17)18)14(16)8-11/h2-8H,9H2,1H3,(H,17,18). The molecule has 0 aliphatic carbocycles. The summed E-state index contributed by atoms with van der Waals surface area (Å²) in [6, 6.07) is 11.8. The van der Waals surface area contributed by atoms with Gasteiger partial charge in [0.15, 0.2) is 0 Å². The van der Waals surface area contributed by atoms with Crippen LogP contribution in [-0.2, 0) is 11.2 Å². The molecule has 0 aliphatic heterocycles. The van der Waals surface area contributed by atoms with Crippen molar-refractivity contribution in [3.05, 3.63) is 53.8 Å². The van der Waals surface area contributed by atoms with Crippen LogP contribution in [0.5, 0.6) is 5.75 Å². The molecule has 0 fully saturated rings. The summed E-state index contributed by atoms with van der Waals surface area (Å²) < 4.78 is 18.9. The lowest BCUT2D eigenvalue weighted by atomic mass is 10.0. The van der Waals surface area contributed by atoms with Gasteiger partial charge in [-0.2, -0.15) is 0 Å². The van der Waals surface area contributed by atoms with Gasteiger partial charge in [0.1, 0.15) is 11.6 Å². The molecule has 98 valence electrons. The van der Waals surface area contributed by atoms with Crippen LogP contribution < -0.4 is 4.74 Å². The molecule has 0 saturated heterocycles. The first-order valence-corrected chi connectivity index (χ1v) is 5.75. The van der Waals surface area contributed by atoms with Gasteiger partial charge in [0.2, 0.25) is 0 Å². The second-order valence-electron chi connectivity index (χ2n) is 4.11. The molecule has 0 aromatic heterocycles. The minimum Gasteiger partial charge on any atom is -0.497 e. The van der Waals surface area contributed by atoms with Gasteiger partial charge in [-0.1, -0.05) is 24.3 Å². The van der Waals surface area contributed by atoms with Crippen molar-refractivity contribution in [1.29, 1.82) is 0 Å². The first kappa shape index (κ1) is 13.1. The molecular formula is C15H13FO3. The molecule has 0 saturated carbocycles. The number of rotatable bonds is 4. The summed E-state index contributed by atoms with van der Waals surface area (Å²) in [5.74, 6) is -0.872. The van der Waals surface area contributed by atoms with E-state index in [2.05, 4.69) is 0 Å². The number of carbonyl (C=O) groups is 1. The lowest BCUT2D eigenvalue weighted by molar-refractivity contribution is -0.136. The van der Waals surface area contributed by atoms with Gasteiger partial charge in [-0.25, -0.2) is 4.39 Å². The van der Waals surface area contributed by atoms with E-state index >= 15 is 0 Å². The molecule has 4 heteroatoms. The number of carboxylic acid groups (broad SMARTS) is 1. The van der Waals surface area contributed by atoms with E-state index < -0.39 is 11.8 Å². The minimum atomic E-state index is -1.05. The van der Waals surface area contributed by atoms with Crippen molar-refractivity contribution in [3.8, 4) is 16.9 Å². The van der Waals surface area contributed by atoms with Gasteiger partial charge in [0, 0.05) is 0 Å². The third-order valence-electron chi connectivity index (χ3n) is 2.80. The van der Waals surface area contributed by atoms with Crippen molar-refractivity contribution >= 4 is 5.97 Å². The summed E-state index contributed by atoms with van der Waals surface area (Å²) in [5.41, 5.74) is 1.69. The Balaban J connectivity index is 2.35. The number of carboxylic acids is 1. The molecule has 3 nitrogen and oxygen atoms in total. The molecule has 0 heterocycles. The zero-order valence-electron chi connectivity index (χ0n) is 10.4. The van der Waals surface area contributed by atoms with Crippen molar-refractivity contribution in [2.75, 3.05) is 7.11 Å². The van der Waals surface area contributed by atoms with E-state index in [1.807, 2.05) is 12.1 Å². The Kier molecular flexibility index (Phi) is 3.80. The van der Waals surface area contributed by atoms with Crippen molar-refractivity contribution in [2.24, 2.45) is 0 Å². The van der Waals surface area contributed by atoms with Crippen molar-refractivity contribution in [1.82, 2.24) is 0 Å².